The van der Waals surface area contributed by atoms with Gasteiger partial charge in [0.2, 0.25) is 0 Å². The number of fused-ring (bicyclic) bond motifs is 5. The Hall–Kier alpha value is -0.590. The van der Waals surface area contributed by atoms with E-state index in [9.17, 15) is 4.79 Å². The summed E-state index contributed by atoms with van der Waals surface area (Å²) in [4.78, 5) is 12.3. The molecule has 2 fully saturated rings. The first-order chi connectivity index (χ1) is 7.42. The van der Waals surface area contributed by atoms with Crippen molar-refractivity contribution >= 4 is 5.78 Å². The lowest BCUT2D eigenvalue weighted by Crippen LogP contribution is -2.44. The van der Waals surface area contributed by atoms with Gasteiger partial charge in [-0.2, -0.15) is 0 Å². The maximum atomic E-state index is 12.3. The summed E-state index contributed by atoms with van der Waals surface area (Å²) < 4.78 is 0. The van der Waals surface area contributed by atoms with Crippen LogP contribution in [0.4, 0.5) is 0 Å². The molecular weight excluding hydrogens is 196 g/mol. The molecule has 3 aliphatic carbocycles. The predicted octanol–water partition coefficient (Wildman–Crippen LogP) is 3.59. The fourth-order valence-electron chi connectivity index (χ4n) is 5.51. The van der Waals surface area contributed by atoms with Crippen LogP contribution in [0.25, 0.3) is 0 Å². The zero-order valence-corrected chi connectivity index (χ0v) is 10.8. The van der Waals surface area contributed by atoms with E-state index >= 15 is 0 Å². The van der Waals surface area contributed by atoms with Crippen LogP contribution in [0.15, 0.2) is 11.6 Å². The van der Waals surface area contributed by atoms with E-state index in [1.54, 1.807) is 5.57 Å². The van der Waals surface area contributed by atoms with Crippen molar-refractivity contribution in [3.8, 4) is 0 Å². The first-order valence-corrected chi connectivity index (χ1v) is 6.63. The van der Waals surface area contributed by atoms with Gasteiger partial charge in [0, 0.05) is 5.41 Å². The van der Waals surface area contributed by atoms with Gasteiger partial charge in [-0.3, -0.25) is 4.79 Å². The van der Waals surface area contributed by atoms with Crippen LogP contribution in [-0.4, -0.2) is 5.78 Å². The highest BCUT2D eigenvalue weighted by atomic mass is 16.1. The van der Waals surface area contributed by atoms with E-state index in [-0.39, 0.29) is 10.8 Å². The maximum Gasteiger partial charge on any atom is 0.137 e. The smallest absolute Gasteiger partial charge is 0.137 e. The zero-order valence-electron chi connectivity index (χ0n) is 10.8. The van der Waals surface area contributed by atoms with Crippen LogP contribution in [0, 0.1) is 28.6 Å². The topological polar surface area (TPSA) is 17.1 Å². The van der Waals surface area contributed by atoms with Gasteiger partial charge in [-0.25, -0.2) is 0 Å². The Kier molecular flexibility index (Phi) is 1.85. The molecule has 88 valence electrons. The minimum atomic E-state index is -0.00338. The lowest BCUT2D eigenvalue weighted by atomic mass is 9.59. The van der Waals surface area contributed by atoms with Crippen molar-refractivity contribution in [2.45, 2.75) is 47.0 Å². The van der Waals surface area contributed by atoms with Crippen molar-refractivity contribution < 1.29 is 4.79 Å². The number of carbonyl (C=O) groups excluding carboxylic acids is 1. The molecule has 16 heavy (non-hydrogen) atoms. The molecule has 2 saturated carbocycles. The lowest BCUT2D eigenvalue weighted by Gasteiger charge is -2.43. The molecule has 3 aliphatic rings. The molecule has 0 heterocycles. The molecule has 2 bridgehead atoms. The Bertz CT molecular complexity index is 394. The van der Waals surface area contributed by atoms with Gasteiger partial charge in [0.05, 0.1) is 0 Å². The maximum absolute atomic E-state index is 12.3. The summed E-state index contributed by atoms with van der Waals surface area (Å²) >= 11 is 0. The lowest BCUT2D eigenvalue weighted by molar-refractivity contribution is -0.133. The molecule has 1 nitrogen and oxygen atoms in total. The summed E-state index contributed by atoms with van der Waals surface area (Å²) in [5.41, 5.74) is 1.72. The largest absolute Gasteiger partial charge is 0.299 e. The van der Waals surface area contributed by atoms with Gasteiger partial charge in [0.15, 0.2) is 0 Å². The van der Waals surface area contributed by atoms with E-state index < -0.39 is 0 Å². The first kappa shape index (κ1) is 10.6. The van der Waals surface area contributed by atoms with Crippen molar-refractivity contribution in [2.75, 3.05) is 0 Å². The van der Waals surface area contributed by atoms with Crippen LogP contribution in [0.3, 0.4) is 0 Å². The number of hydrogen-bond acceptors (Lipinski definition) is 1. The monoisotopic (exact) mass is 218 g/mol. The summed E-state index contributed by atoms with van der Waals surface area (Å²) in [7, 11) is 0. The second-order valence-corrected chi connectivity index (χ2v) is 6.69. The molecule has 0 radical (unpaired) electrons. The summed E-state index contributed by atoms with van der Waals surface area (Å²) in [5.74, 6) is 2.53. The second-order valence-electron chi connectivity index (χ2n) is 6.69. The molecular formula is C15H22O. The van der Waals surface area contributed by atoms with Gasteiger partial charge in [0.25, 0.3) is 0 Å². The highest BCUT2D eigenvalue weighted by Crippen LogP contribution is 2.72. The molecule has 0 N–H and O–H groups in total. The molecule has 0 amide bonds. The molecule has 0 aliphatic heterocycles. The fourth-order valence-corrected chi connectivity index (χ4v) is 5.51. The molecule has 0 unspecified atom stereocenters. The average molecular weight is 218 g/mol. The van der Waals surface area contributed by atoms with Crippen molar-refractivity contribution in [3.05, 3.63) is 11.6 Å². The van der Waals surface area contributed by atoms with Gasteiger partial charge >= 0.3 is 0 Å². The molecule has 5 atom stereocenters. The van der Waals surface area contributed by atoms with Crippen LogP contribution >= 0.6 is 0 Å². The van der Waals surface area contributed by atoms with E-state index in [2.05, 4.69) is 26.8 Å². The Morgan fingerprint density at radius 2 is 2.19 bits per heavy atom. The molecule has 0 aromatic rings. The summed E-state index contributed by atoms with van der Waals surface area (Å²) in [5, 5.41) is 0. The zero-order chi connectivity index (χ0) is 11.7. The summed E-state index contributed by atoms with van der Waals surface area (Å²) in [6.45, 7) is 8.79. The quantitative estimate of drug-likeness (QED) is 0.615. The molecule has 0 saturated heterocycles. The van der Waals surface area contributed by atoms with Gasteiger partial charge in [-0.1, -0.05) is 25.5 Å². The number of hydrogen-bond donors (Lipinski definition) is 0. The standard InChI is InChI=1S/C15H22O/c1-9-5-6-15(11(3)16)13(9)12-8-14(15,4)7-10(12)2/h7,9,12-13H,5-6,8H2,1-4H3/t9-,12-,13-,14-,15+/m1/s1. The summed E-state index contributed by atoms with van der Waals surface area (Å²) in [6, 6.07) is 0. The van der Waals surface area contributed by atoms with Crippen molar-refractivity contribution in [1.82, 2.24) is 0 Å². The van der Waals surface area contributed by atoms with Crippen LogP contribution < -0.4 is 0 Å². The molecule has 0 spiro atoms. The van der Waals surface area contributed by atoms with Crippen molar-refractivity contribution in [3.63, 3.8) is 0 Å². The number of Topliss-reactive ketones (excluding diaryl/α,β-unsaturated/α-hetero) is 1. The van der Waals surface area contributed by atoms with E-state index in [0.717, 1.165) is 12.3 Å². The van der Waals surface area contributed by atoms with Crippen molar-refractivity contribution in [1.29, 1.82) is 0 Å². The minimum absolute atomic E-state index is 0.00338. The normalized spacial score (nSPS) is 54.0. The highest BCUT2D eigenvalue weighted by molar-refractivity contribution is 5.85. The van der Waals surface area contributed by atoms with Crippen LogP contribution in [0.5, 0.6) is 0 Å². The van der Waals surface area contributed by atoms with Crippen LogP contribution in [0.1, 0.15) is 47.0 Å². The second kappa shape index (κ2) is 2.80. The third kappa shape index (κ3) is 0.881. The summed E-state index contributed by atoms with van der Waals surface area (Å²) in [6.07, 6.45) is 6.03. The number of carbonyl (C=O) groups is 1. The molecule has 3 rings (SSSR count). The molecule has 0 aromatic carbocycles. The van der Waals surface area contributed by atoms with E-state index in [1.165, 1.54) is 12.8 Å². The van der Waals surface area contributed by atoms with Gasteiger partial charge < -0.3 is 0 Å². The van der Waals surface area contributed by atoms with Crippen LogP contribution in [0.2, 0.25) is 0 Å². The Labute approximate surface area is 98.3 Å². The van der Waals surface area contributed by atoms with Crippen molar-refractivity contribution in [2.24, 2.45) is 28.6 Å². The predicted molar refractivity (Wildman–Crippen MR) is 65.0 cm³/mol. The Morgan fingerprint density at radius 1 is 1.50 bits per heavy atom. The fraction of sp³-hybridized carbons (Fsp3) is 0.800. The molecule has 0 aromatic heterocycles. The number of rotatable bonds is 1. The van der Waals surface area contributed by atoms with E-state index in [0.29, 0.717) is 17.6 Å². The van der Waals surface area contributed by atoms with Gasteiger partial charge in [0.1, 0.15) is 5.78 Å². The van der Waals surface area contributed by atoms with E-state index in [1.807, 2.05) is 6.92 Å². The number of allylic oxidation sites excluding steroid dienone is 2. The molecule has 1 heteroatoms. The first-order valence-electron chi connectivity index (χ1n) is 6.63. The van der Waals surface area contributed by atoms with Gasteiger partial charge in [-0.15, -0.1) is 0 Å². The van der Waals surface area contributed by atoms with E-state index in [4.69, 9.17) is 0 Å². The number of ketones is 1. The SMILES string of the molecule is CC(=O)[C@@]12CC[C@@H](C)[C@@H]1[C@@H]1C[C@@]2(C)C=C1C. The third-order valence-corrected chi connectivity index (χ3v) is 6.03. The Morgan fingerprint density at radius 3 is 2.81 bits per heavy atom. The van der Waals surface area contributed by atoms with Crippen LogP contribution in [-0.2, 0) is 4.79 Å². The Balaban J connectivity index is 2.19. The average Bonchev–Trinajstić information content (AvgIpc) is 2.73. The highest BCUT2D eigenvalue weighted by Gasteiger charge is 2.69. The third-order valence-electron chi connectivity index (χ3n) is 6.03. The van der Waals surface area contributed by atoms with Gasteiger partial charge in [-0.05, 0) is 56.3 Å². The minimum Gasteiger partial charge on any atom is -0.299 e.